The Hall–Kier alpha value is -2.29. The van der Waals surface area contributed by atoms with Gasteiger partial charge in [-0.25, -0.2) is 9.79 Å². The van der Waals surface area contributed by atoms with Gasteiger partial charge in [-0.05, 0) is 49.9 Å². The number of aryl methyl sites for hydroxylation is 1. The van der Waals surface area contributed by atoms with Crippen molar-refractivity contribution < 1.29 is 9.53 Å². The average Bonchev–Trinajstić information content (AvgIpc) is 2.72. The first-order valence-electron chi connectivity index (χ1n) is 9.63. The summed E-state index contributed by atoms with van der Waals surface area (Å²) in [6.45, 7) is 5.58. The summed E-state index contributed by atoms with van der Waals surface area (Å²) in [4.78, 5) is 15.9. The van der Waals surface area contributed by atoms with Crippen LogP contribution in [-0.2, 0) is 17.7 Å². The number of carbonyl (C=O) groups excluding carboxylic acids is 1. The Labute approximate surface area is 190 Å². The first kappa shape index (κ1) is 24.7. The molecule has 1 atom stereocenters. The molecule has 6 nitrogen and oxygen atoms in total. The summed E-state index contributed by atoms with van der Waals surface area (Å²) in [5.41, 5.74) is 3.10. The van der Waals surface area contributed by atoms with Gasteiger partial charge in [-0.2, -0.15) is 0 Å². The van der Waals surface area contributed by atoms with Gasteiger partial charge in [0.15, 0.2) is 5.96 Å². The zero-order valence-electron chi connectivity index (χ0n) is 17.3. The summed E-state index contributed by atoms with van der Waals surface area (Å²) in [5, 5.41) is 9.40. The van der Waals surface area contributed by atoms with E-state index in [0.717, 1.165) is 30.9 Å². The molecular weight excluding hydrogens is 479 g/mol. The fourth-order valence-corrected chi connectivity index (χ4v) is 2.69. The summed E-state index contributed by atoms with van der Waals surface area (Å²) in [6.07, 6.45) is 1.58. The van der Waals surface area contributed by atoms with Crippen molar-refractivity contribution in [1.82, 2.24) is 10.6 Å². The fourth-order valence-electron chi connectivity index (χ4n) is 2.69. The number of nitrogens with zero attached hydrogens (tertiary/aromatic N) is 1. The van der Waals surface area contributed by atoms with Crippen LogP contribution in [0.15, 0.2) is 59.6 Å². The highest BCUT2D eigenvalue weighted by molar-refractivity contribution is 14.0. The molecule has 2 aromatic carbocycles. The monoisotopic (exact) mass is 510 g/mol. The van der Waals surface area contributed by atoms with Gasteiger partial charge in [0, 0.05) is 18.3 Å². The number of ether oxygens (including phenoxy) is 1. The second-order valence-corrected chi connectivity index (χ2v) is 6.58. The molecule has 0 aliphatic heterocycles. The molecule has 2 aromatic rings. The molecular formula is C22H31IN4O2. The number of amides is 1. The van der Waals surface area contributed by atoms with Crippen molar-refractivity contribution in [3.8, 4) is 0 Å². The van der Waals surface area contributed by atoms with Gasteiger partial charge < -0.3 is 15.4 Å². The zero-order chi connectivity index (χ0) is 20.2. The number of guanidine groups is 1. The molecule has 0 aromatic heterocycles. The summed E-state index contributed by atoms with van der Waals surface area (Å²) >= 11 is 0. The van der Waals surface area contributed by atoms with Crippen LogP contribution in [0.5, 0.6) is 0 Å². The van der Waals surface area contributed by atoms with Crippen molar-refractivity contribution in [1.29, 1.82) is 0 Å². The minimum atomic E-state index is -0.478. The molecule has 0 aliphatic carbocycles. The summed E-state index contributed by atoms with van der Waals surface area (Å²) in [7, 11) is 1.34. The van der Waals surface area contributed by atoms with Crippen LogP contribution < -0.4 is 16.0 Å². The third kappa shape index (κ3) is 9.65. The molecule has 0 radical (unpaired) electrons. The number of anilines is 1. The van der Waals surface area contributed by atoms with Gasteiger partial charge in [0.25, 0.3) is 0 Å². The van der Waals surface area contributed by atoms with Crippen LogP contribution in [0.4, 0.5) is 10.5 Å². The molecule has 0 fully saturated rings. The first-order valence-corrected chi connectivity index (χ1v) is 9.63. The Morgan fingerprint density at radius 2 is 1.76 bits per heavy atom. The summed E-state index contributed by atoms with van der Waals surface area (Å²) in [6, 6.07) is 18.4. The topological polar surface area (TPSA) is 74.8 Å². The number of carbonyl (C=O) groups is 1. The lowest BCUT2D eigenvalue weighted by molar-refractivity contribution is 0.187. The average molecular weight is 510 g/mol. The molecule has 158 valence electrons. The Morgan fingerprint density at radius 3 is 2.38 bits per heavy atom. The van der Waals surface area contributed by atoms with E-state index in [2.05, 4.69) is 63.8 Å². The number of hydrogen-bond donors (Lipinski definition) is 3. The Bertz CT molecular complexity index is 751. The maximum absolute atomic E-state index is 11.2. The molecule has 0 heterocycles. The molecule has 1 unspecified atom stereocenters. The van der Waals surface area contributed by atoms with E-state index >= 15 is 0 Å². The Kier molecular flexibility index (Phi) is 11.8. The van der Waals surface area contributed by atoms with Crippen LogP contribution >= 0.6 is 24.0 Å². The normalized spacial score (nSPS) is 11.8. The molecule has 0 spiro atoms. The molecule has 0 saturated carbocycles. The lowest BCUT2D eigenvalue weighted by Crippen LogP contribution is -2.42. The third-order valence-electron chi connectivity index (χ3n) is 4.24. The molecule has 29 heavy (non-hydrogen) atoms. The number of aliphatic imine (C=N–C) groups is 1. The van der Waals surface area contributed by atoms with E-state index in [1.165, 1.54) is 12.7 Å². The van der Waals surface area contributed by atoms with Crippen LogP contribution in [-0.4, -0.2) is 31.7 Å². The molecule has 1 amide bonds. The fraction of sp³-hybridized carbons (Fsp3) is 0.364. The number of nitrogens with one attached hydrogen (secondary N) is 3. The molecule has 3 N–H and O–H groups in total. The molecule has 7 heteroatoms. The van der Waals surface area contributed by atoms with Gasteiger partial charge in [0.05, 0.1) is 13.7 Å². The Morgan fingerprint density at radius 1 is 1.07 bits per heavy atom. The largest absolute Gasteiger partial charge is 0.453 e. The standard InChI is InChI=1S/C22H30N4O2.HI/c1-4-23-21(25-17(2)10-11-18-8-6-5-7-9-18)24-16-19-12-14-20(15-13-19)26-22(27)28-3;/h5-9,12-15,17H,4,10-11,16H2,1-3H3,(H,26,27)(H2,23,24,25);1H. The van der Waals surface area contributed by atoms with Crippen LogP contribution in [0.2, 0.25) is 0 Å². The highest BCUT2D eigenvalue weighted by Gasteiger charge is 2.06. The smallest absolute Gasteiger partial charge is 0.411 e. The number of rotatable bonds is 8. The highest BCUT2D eigenvalue weighted by atomic mass is 127. The predicted octanol–water partition coefficient (Wildman–Crippen LogP) is 4.56. The van der Waals surface area contributed by atoms with E-state index in [4.69, 9.17) is 0 Å². The summed E-state index contributed by atoms with van der Waals surface area (Å²) < 4.78 is 4.59. The minimum Gasteiger partial charge on any atom is -0.453 e. The first-order chi connectivity index (χ1) is 13.6. The quantitative estimate of drug-likeness (QED) is 0.277. The van der Waals surface area contributed by atoms with Gasteiger partial charge in [-0.3, -0.25) is 5.32 Å². The molecule has 0 bridgehead atoms. The van der Waals surface area contributed by atoms with E-state index in [1.54, 1.807) is 0 Å². The van der Waals surface area contributed by atoms with Crippen molar-refractivity contribution in [2.75, 3.05) is 19.0 Å². The zero-order valence-corrected chi connectivity index (χ0v) is 19.6. The van der Waals surface area contributed by atoms with E-state index < -0.39 is 6.09 Å². The number of halogens is 1. The predicted molar refractivity (Wildman–Crippen MR) is 130 cm³/mol. The number of methoxy groups -OCH3 is 1. The second-order valence-electron chi connectivity index (χ2n) is 6.58. The van der Waals surface area contributed by atoms with Crippen molar-refractivity contribution in [2.24, 2.45) is 4.99 Å². The molecule has 0 aliphatic rings. The van der Waals surface area contributed by atoms with Gasteiger partial charge in [0.1, 0.15) is 0 Å². The lowest BCUT2D eigenvalue weighted by atomic mass is 10.1. The van der Waals surface area contributed by atoms with Gasteiger partial charge in [-0.15, -0.1) is 24.0 Å². The van der Waals surface area contributed by atoms with E-state index in [-0.39, 0.29) is 24.0 Å². The molecule has 2 rings (SSSR count). The number of benzene rings is 2. The maximum atomic E-state index is 11.2. The van der Waals surface area contributed by atoms with Crippen molar-refractivity contribution in [3.63, 3.8) is 0 Å². The van der Waals surface area contributed by atoms with E-state index in [0.29, 0.717) is 18.3 Å². The third-order valence-corrected chi connectivity index (χ3v) is 4.24. The van der Waals surface area contributed by atoms with Crippen molar-refractivity contribution in [2.45, 2.75) is 39.3 Å². The molecule has 0 saturated heterocycles. The van der Waals surface area contributed by atoms with E-state index in [9.17, 15) is 4.79 Å². The minimum absolute atomic E-state index is 0. The van der Waals surface area contributed by atoms with Crippen LogP contribution in [0.1, 0.15) is 31.4 Å². The Balaban J connectivity index is 0.00000420. The highest BCUT2D eigenvalue weighted by Crippen LogP contribution is 2.11. The van der Waals surface area contributed by atoms with Gasteiger partial charge in [-0.1, -0.05) is 42.5 Å². The second kappa shape index (κ2) is 13.8. The van der Waals surface area contributed by atoms with Gasteiger partial charge in [0.2, 0.25) is 0 Å². The SMILES string of the molecule is CCNC(=NCc1ccc(NC(=O)OC)cc1)NC(C)CCc1ccccc1.I. The van der Waals surface area contributed by atoms with Crippen molar-refractivity contribution >= 4 is 41.7 Å². The van der Waals surface area contributed by atoms with Gasteiger partial charge >= 0.3 is 6.09 Å². The number of hydrogen-bond acceptors (Lipinski definition) is 3. The lowest BCUT2D eigenvalue weighted by Gasteiger charge is -2.18. The van der Waals surface area contributed by atoms with E-state index in [1.807, 2.05) is 30.3 Å². The van der Waals surface area contributed by atoms with Crippen LogP contribution in [0, 0.1) is 0 Å². The maximum Gasteiger partial charge on any atom is 0.411 e. The summed E-state index contributed by atoms with van der Waals surface area (Å²) in [5.74, 6) is 0.805. The van der Waals surface area contributed by atoms with Crippen LogP contribution in [0.25, 0.3) is 0 Å². The van der Waals surface area contributed by atoms with Crippen molar-refractivity contribution in [3.05, 3.63) is 65.7 Å². The van der Waals surface area contributed by atoms with Crippen LogP contribution in [0.3, 0.4) is 0 Å².